The Morgan fingerprint density at radius 3 is 2.56 bits per heavy atom. The number of para-hydroxylation sites is 1. The monoisotopic (exact) mass is 384 g/mol. The van der Waals surface area contributed by atoms with Crippen LogP contribution < -0.4 is 4.90 Å². The maximum atomic E-state index is 13.1. The van der Waals surface area contributed by atoms with Gasteiger partial charge < -0.3 is 4.90 Å². The average Bonchev–Trinajstić information content (AvgIpc) is 3.12. The highest BCUT2D eigenvalue weighted by Crippen LogP contribution is 2.31. The lowest BCUT2D eigenvalue weighted by Gasteiger charge is -2.33. The number of sulfonamides is 1. The van der Waals surface area contributed by atoms with Crippen LogP contribution in [0.1, 0.15) is 24.0 Å². The number of carbonyl (C=O) groups excluding carboxylic acids is 1. The summed E-state index contributed by atoms with van der Waals surface area (Å²) in [4.78, 5) is 14.9. The van der Waals surface area contributed by atoms with Gasteiger partial charge in [0.15, 0.2) is 0 Å². The SMILES string of the molecule is O=C([C@H]1CCCN(S(=O)(=O)Cc2ccccc2)C1)N1CCc2ccccc21. The highest BCUT2D eigenvalue weighted by Gasteiger charge is 2.36. The van der Waals surface area contributed by atoms with Crippen molar-refractivity contribution in [3.05, 3.63) is 65.7 Å². The molecule has 0 aromatic heterocycles. The predicted octanol–water partition coefficient (Wildman–Crippen LogP) is 2.82. The number of hydrogen-bond acceptors (Lipinski definition) is 3. The van der Waals surface area contributed by atoms with E-state index in [9.17, 15) is 13.2 Å². The summed E-state index contributed by atoms with van der Waals surface area (Å²) in [5, 5.41) is 0. The minimum Gasteiger partial charge on any atom is -0.312 e. The van der Waals surface area contributed by atoms with E-state index in [-0.39, 0.29) is 24.1 Å². The Labute approximate surface area is 160 Å². The van der Waals surface area contributed by atoms with E-state index in [0.29, 0.717) is 13.1 Å². The topological polar surface area (TPSA) is 57.7 Å². The van der Waals surface area contributed by atoms with Crippen LogP contribution in [0.3, 0.4) is 0 Å². The van der Waals surface area contributed by atoms with Crippen molar-refractivity contribution in [3.63, 3.8) is 0 Å². The molecule has 142 valence electrons. The van der Waals surface area contributed by atoms with Gasteiger partial charge in [-0.1, -0.05) is 48.5 Å². The number of benzene rings is 2. The lowest BCUT2D eigenvalue weighted by Crippen LogP contribution is -2.46. The molecule has 5 nitrogen and oxygen atoms in total. The van der Waals surface area contributed by atoms with Gasteiger partial charge in [-0.2, -0.15) is 0 Å². The molecule has 2 heterocycles. The number of piperidine rings is 1. The van der Waals surface area contributed by atoms with Crippen molar-refractivity contribution in [3.8, 4) is 0 Å². The smallest absolute Gasteiger partial charge is 0.231 e. The van der Waals surface area contributed by atoms with Crippen LogP contribution in [-0.2, 0) is 27.0 Å². The molecule has 2 aliphatic heterocycles. The number of rotatable bonds is 4. The van der Waals surface area contributed by atoms with Gasteiger partial charge in [0, 0.05) is 25.3 Å². The molecular weight excluding hydrogens is 360 g/mol. The summed E-state index contributed by atoms with van der Waals surface area (Å²) in [5.41, 5.74) is 2.95. The van der Waals surface area contributed by atoms with Crippen LogP contribution in [0.15, 0.2) is 54.6 Å². The normalized spacial score (nSPS) is 20.4. The molecule has 0 radical (unpaired) electrons. The third kappa shape index (κ3) is 3.77. The van der Waals surface area contributed by atoms with Gasteiger partial charge in [-0.3, -0.25) is 4.79 Å². The van der Waals surface area contributed by atoms with Crippen molar-refractivity contribution >= 4 is 21.6 Å². The van der Waals surface area contributed by atoms with Crippen molar-refractivity contribution < 1.29 is 13.2 Å². The molecule has 1 fully saturated rings. The molecule has 27 heavy (non-hydrogen) atoms. The highest BCUT2D eigenvalue weighted by atomic mass is 32.2. The van der Waals surface area contributed by atoms with E-state index >= 15 is 0 Å². The van der Waals surface area contributed by atoms with E-state index < -0.39 is 10.0 Å². The minimum atomic E-state index is -3.42. The Hall–Kier alpha value is -2.18. The second-order valence-corrected chi connectivity index (χ2v) is 9.28. The van der Waals surface area contributed by atoms with Gasteiger partial charge >= 0.3 is 0 Å². The Morgan fingerprint density at radius 1 is 1.00 bits per heavy atom. The van der Waals surface area contributed by atoms with Gasteiger partial charge in [-0.05, 0) is 36.5 Å². The summed E-state index contributed by atoms with van der Waals surface area (Å²) in [7, 11) is -3.42. The molecule has 0 bridgehead atoms. The second-order valence-electron chi connectivity index (χ2n) is 7.31. The number of fused-ring (bicyclic) bond motifs is 1. The fraction of sp³-hybridized carbons (Fsp3) is 0.381. The van der Waals surface area contributed by atoms with Gasteiger partial charge in [0.1, 0.15) is 0 Å². The zero-order chi connectivity index (χ0) is 18.9. The summed E-state index contributed by atoms with van der Waals surface area (Å²) in [5.74, 6) is -0.226. The standard InChI is InChI=1S/C21H24N2O3S/c24-21(23-14-12-18-9-4-5-11-20(18)23)19-10-6-13-22(15-19)27(25,26)16-17-7-2-1-3-8-17/h1-5,7-9,11,19H,6,10,12-16H2/t19-/m0/s1. The molecule has 4 rings (SSSR count). The molecule has 2 aromatic rings. The Morgan fingerprint density at radius 2 is 1.74 bits per heavy atom. The fourth-order valence-electron chi connectivity index (χ4n) is 4.06. The van der Waals surface area contributed by atoms with Gasteiger partial charge in [0.25, 0.3) is 0 Å². The van der Waals surface area contributed by atoms with Crippen LogP contribution in [0.4, 0.5) is 5.69 Å². The molecule has 2 aliphatic rings. The summed E-state index contributed by atoms with van der Waals surface area (Å²) in [6, 6.07) is 17.2. The molecular formula is C21H24N2O3S. The summed E-state index contributed by atoms with van der Waals surface area (Å²) >= 11 is 0. The Kier molecular flexibility index (Phi) is 5.02. The number of nitrogens with zero attached hydrogens (tertiary/aromatic N) is 2. The van der Waals surface area contributed by atoms with Gasteiger partial charge in [-0.25, -0.2) is 12.7 Å². The fourth-order valence-corrected chi connectivity index (χ4v) is 5.67. The molecule has 0 unspecified atom stereocenters. The summed E-state index contributed by atoms with van der Waals surface area (Å²) in [6.45, 7) is 1.47. The number of anilines is 1. The average molecular weight is 385 g/mol. The maximum Gasteiger partial charge on any atom is 0.231 e. The van der Waals surface area contributed by atoms with Crippen LogP contribution in [-0.4, -0.2) is 38.3 Å². The quantitative estimate of drug-likeness (QED) is 0.814. The Bertz CT molecular complexity index is 927. The van der Waals surface area contributed by atoms with E-state index in [1.54, 1.807) is 0 Å². The van der Waals surface area contributed by atoms with Crippen LogP contribution in [0, 0.1) is 5.92 Å². The van der Waals surface area contributed by atoms with Gasteiger partial charge in [0.2, 0.25) is 15.9 Å². The number of carbonyl (C=O) groups is 1. The second kappa shape index (κ2) is 7.44. The van der Waals surface area contributed by atoms with Crippen molar-refractivity contribution in [2.24, 2.45) is 5.92 Å². The summed E-state index contributed by atoms with van der Waals surface area (Å²) < 4.78 is 27.2. The molecule has 6 heteroatoms. The van der Waals surface area contributed by atoms with Crippen molar-refractivity contribution in [2.75, 3.05) is 24.5 Å². The molecule has 0 N–H and O–H groups in total. The zero-order valence-corrected chi connectivity index (χ0v) is 16.1. The first-order valence-corrected chi connectivity index (χ1v) is 11.1. The molecule has 1 amide bonds. The van der Waals surface area contributed by atoms with E-state index in [4.69, 9.17) is 0 Å². The Balaban J connectivity index is 1.47. The minimum absolute atomic E-state index is 0.0126. The molecule has 0 aliphatic carbocycles. The first kappa shape index (κ1) is 18.2. The van der Waals surface area contributed by atoms with Crippen LogP contribution in [0.25, 0.3) is 0 Å². The first-order chi connectivity index (χ1) is 13.0. The third-order valence-electron chi connectivity index (χ3n) is 5.47. The van der Waals surface area contributed by atoms with Crippen LogP contribution in [0.5, 0.6) is 0 Å². The molecule has 0 spiro atoms. The highest BCUT2D eigenvalue weighted by molar-refractivity contribution is 7.88. The largest absolute Gasteiger partial charge is 0.312 e. The molecule has 1 saturated heterocycles. The van der Waals surface area contributed by atoms with Crippen molar-refractivity contribution in [2.45, 2.75) is 25.0 Å². The molecule has 0 saturated carbocycles. The first-order valence-electron chi connectivity index (χ1n) is 9.45. The third-order valence-corrected chi connectivity index (χ3v) is 7.29. The number of hydrogen-bond donors (Lipinski definition) is 0. The van der Waals surface area contributed by atoms with Crippen molar-refractivity contribution in [1.29, 1.82) is 0 Å². The lowest BCUT2D eigenvalue weighted by atomic mass is 9.98. The van der Waals surface area contributed by atoms with E-state index in [1.807, 2.05) is 53.4 Å². The lowest BCUT2D eigenvalue weighted by molar-refractivity contribution is -0.123. The molecule has 2 aromatic carbocycles. The summed E-state index contributed by atoms with van der Waals surface area (Å²) in [6.07, 6.45) is 2.33. The predicted molar refractivity (Wildman–Crippen MR) is 106 cm³/mol. The van der Waals surface area contributed by atoms with Gasteiger partial charge in [-0.15, -0.1) is 0 Å². The maximum absolute atomic E-state index is 13.1. The van der Waals surface area contributed by atoms with E-state index in [1.165, 1.54) is 9.87 Å². The zero-order valence-electron chi connectivity index (χ0n) is 15.3. The van der Waals surface area contributed by atoms with E-state index in [0.717, 1.165) is 30.5 Å². The molecule has 1 atom stereocenters. The van der Waals surface area contributed by atoms with Gasteiger partial charge in [0.05, 0.1) is 11.7 Å². The number of amides is 1. The van der Waals surface area contributed by atoms with Crippen molar-refractivity contribution in [1.82, 2.24) is 4.31 Å². The van der Waals surface area contributed by atoms with E-state index in [2.05, 4.69) is 6.07 Å². The van der Waals surface area contributed by atoms with Crippen LogP contribution in [0.2, 0.25) is 0 Å². The van der Waals surface area contributed by atoms with Crippen LogP contribution >= 0.6 is 0 Å².